The van der Waals surface area contributed by atoms with Gasteiger partial charge >= 0.3 is 50.9 Å². The molecule has 8 rings (SSSR count). The normalized spacial score (nSPS) is 11.7. The van der Waals surface area contributed by atoms with Crippen LogP contribution in [0.15, 0.2) is 73.1 Å². The van der Waals surface area contributed by atoms with Gasteiger partial charge in [0.2, 0.25) is 11.0 Å². The molecule has 0 saturated carbocycles. The third-order valence-electron chi connectivity index (χ3n) is 11.9. The average Bonchev–Trinajstić information content (AvgIpc) is 3.40. The van der Waals surface area contributed by atoms with Crippen molar-refractivity contribution in [3.05, 3.63) is 129 Å². The Morgan fingerprint density at radius 3 is 0.976 bits per heavy atom. The van der Waals surface area contributed by atoms with Crippen molar-refractivity contribution in [2.24, 2.45) is 0 Å². The van der Waals surface area contributed by atoms with Crippen molar-refractivity contribution in [1.29, 1.82) is 0 Å². The van der Waals surface area contributed by atoms with Crippen LogP contribution in [-0.2, 0) is 52.0 Å². The summed E-state index contributed by atoms with van der Waals surface area (Å²) in [5.41, 5.74) is -2.23. The molecule has 84 heavy (non-hydrogen) atoms. The Morgan fingerprint density at radius 1 is 0.464 bits per heavy atom. The molecule has 0 amide bonds. The Balaban J connectivity index is -0.000000502. The molecule has 2 saturated heterocycles. The molecule has 2 fully saturated rings. The van der Waals surface area contributed by atoms with Crippen LogP contribution in [0.25, 0.3) is 21.8 Å². The third-order valence-corrected chi connectivity index (χ3v) is 11.9. The van der Waals surface area contributed by atoms with Crippen LogP contribution >= 0.6 is 0 Å². The van der Waals surface area contributed by atoms with Gasteiger partial charge in [0.15, 0.2) is 12.4 Å². The number of aromatic nitrogens is 2. The molecular weight excluding hydrogens is 1240 g/mol. The molecule has 0 atom stereocenters. The van der Waals surface area contributed by atoms with Gasteiger partial charge in [-0.05, 0) is 50.2 Å². The Morgan fingerprint density at radius 2 is 0.738 bits per heavy atom. The molecular formula is C50H56F2N6O24Zn2. The summed E-state index contributed by atoms with van der Waals surface area (Å²) in [6.45, 7) is 11.1. The van der Waals surface area contributed by atoms with Crippen molar-refractivity contribution < 1.29 is 190 Å². The van der Waals surface area contributed by atoms with Gasteiger partial charge in [-0.2, -0.15) is 9.13 Å². The van der Waals surface area contributed by atoms with E-state index in [1.54, 1.807) is 21.3 Å². The molecule has 448 valence electrons. The fraction of sp³-hybridized carbons (Fsp3) is 0.240. The van der Waals surface area contributed by atoms with Crippen molar-refractivity contribution in [2.45, 2.75) is 26.9 Å². The minimum Gasteiger partial charge on any atom is -0.871 e. The van der Waals surface area contributed by atoms with Gasteiger partial charge in [0.1, 0.15) is 24.7 Å². The Hall–Kier alpha value is -8.55. The summed E-state index contributed by atoms with van der Waals surface area (Å²) in [7, 11) is 0. The van der Waals surface area contributed by atoms with Gasteiger partial charge < -0.3 is 133 Å². The van der Waals surface area contributed by atoms with Crippen molar-refractivity contribution >= 4 is 80.9 Å². The first-order chi connectivity index (χ1) is 35.9. The average molecular weight is 1290 g/mol. The predicted octanol–water partition coefficient (Wildman–Crippen LogP) is -12.5. The zero-order chi connectivity index (χ0) is 56.3. The molecule has 18 N–H and O–H groups in total. The van der Waals surface area contributed by atoms with Crippen LogP contribution in [0.3, 0.4) is 0 Å². The van der Waals surface area contributed by atoms with Gasteiger partial charge in [0.25, 0.3) is 0 Å². The van der Waals surface area contributed by atoms with E-state index in [2.05, 4.69) is 10.6 Å². The van der Waals surface area contributed by atoms with Crippen molar-refractivity contribution in [3.8, 4) is 11.5 Å². The van der Waals surface area contributed by atoms with Gasteiger partial charge in [0, 0.05) is 45.2 Å². The molecule has 0 spiro atoms. The fourth-order valence-electron chi connectivity index (χ4n) is 8.13. The molecule has 0 radical (unpaired) electrons. The van der Waals surface area contributed by atoms with Gasteiger partial charge in [-0.3, -0.25) is 0 Å². The number of nitrogens with two attached hydrogens (primary N) is 2. The fourth-order valence-corrected chi connectivity index (χ4v) is 8.13. The number of halogens is 2. The number of pyridine rings is 2. The maximum Gasteiger partial charge on any atom is 2.00 e. The van der Waals surface area contributed by atoms with E-state index in [9.17, 15) is 88.0 Å². The van der Waals surface area contributed by atoms with Crippen LogP contribution < -0.4 is 70.4 Å². The third kappa shape index (κ3) is 19.3. The molecule has 2 aliphatic heterocycles. The van der Waals surface area contributed by atoms with Crippen LogP contribution in [0.4, 0.5) is 20.2 Å². The summed E-state index contributed by atoms with van der Waals surface area (Å²) in [6, 6.07) is 10.6. The van der Waals surface area contributed by atoms with Crippen molar-refractivity contribution in [2.75, 3.05) is 62.2 Å². The number of aryl methyl sites for hydroxylation is 2. The second-order valence-corrected chi connectivity index (χ2v) is 16.5. The van der Waals surface area contributed by atoms with E-state index < -0.39 is 104 Å². The number of rotatable bonds is 12. The first-order valence-corrected chi connectivity index (χ1v) is 22.8. The largest absolute Gasteiger partial charge is 2.00 e. The first-order valence-electron chi connectivity index (χ1n) is 22.8. The summed E-state index contributed by atoms with van der Waals surface area (Å²) in [6.07, 6.45) is 2.54. The second kappa shape index (κ2) is 36.1. The van der Waals surface area contributed by atoms with E-state index >= 15 is 0 Å². The Bertz CT molecular complexity index is 3110. The van der Waals surface area contributed by atoms with E-state index in [1.807, 2.05) is 23.6 Å². The van der Waals surface area contributed by atoms with Gasteiger partial charge in [0.05, 0.1) is 122 Å². The number of carboxylic acid groups (broad SMARTS) is 8. The number of carboxylic acids is 8. The maximum absolute atomic E-state index is 14.5. The number of hydrogen-bond donors (Lipinski definition) is 4. The summed E-state index contributed by atoms with van der Waals surface area (Å²) < 4.78 is 32.3. The number of hydrogen-bond acceptors (Lipinski definition) is 18. The van der Waals surface area contributed by atoms with Crippen LogP contribution in [0, 0.1) is 11.6 Å². The molecule has 2 aliphatic rings. The summed E-state index contributed by atoms with van der Waals surface area (Å²) in [4.78, 5) is 89.0. The van der Waals surface area contributed by atoms with Gasteiger partial charge in [-0.15, -0.1) is 0 Å². The summed E-state index contributed by atoms with van der Waals surface area (Å²) in [5.74, 6) is -15.2. The molecule has 30 nitrogen and oxygen atoms in total. The number of benzene rings is 4. The standard InChI is InChI=1S/2C16H18FN3O3.2C9H6O6.6H2O.2Zn/c2*1-2-19-9-11(16(22)23)15(21)10-7-12(17)14(8-13(10)19)20-5-3-18-4-6-20;2*10-7(11)4-1-2-5(8(12)13)6(3-4)9(14)15;;;;;;;;/h2*7-9,18H,2-6H2,1H3,(H,22,23);2*1-3H,(H,10,11)(H,12,13)(H,14,15);6*1H2;;/q;;;;;;;;;;2*+2/p-4. The molecule has 0 unspecified atom stereocenters. The number of carbonyl (C=O) groups excluding carboxylic acids is 6. The van der Waals surface area contributed by atoms with E-state index in [4.69, 9.17) is 10.2 Å². The molecule has 4 aromatic carbocycles. The monoisotopic (exact) mass is 1290 g/mol. The van der Waals surface area contributed by atoms with Gasteiger partial charge in [-0.25, -0.2) is 18.4 Å². The Labute approximate surface area is 498 Å². The quantitative estimate of drug-likeness (QED) is 0.0653. The number of quaternary nitrogens is 2. The van der Waals surface area contributed by atoms with Gasteiger partial charge in [-0.1, -0.05) is 23.6 Å². The number of aromatic carboxylic acids is 8. The summed E-state index contributed by atoms with van der Waals surface area (Å²) >= 11 is 0. The molecule has 34 heteroatoms. The van der Waals surface area contributed by atoms with Crippen LogP contribution in [0.5, 0.6) is 11.5 Å². The second-order valence-electron chi connectivity index (χ2n) is 16.5. The SMILES string of the molecule is CC[n+]1cc(C(=O)[O-])c([O-])c2cc(F)c(N3CC[NH2+]CC3)cc21.CC[n+]1cc(C(=O)[O-])c([O-])c2cc(F)c(N3CC[NH2+]CC3)cc21.O.O.O.O.O.O.O=C(O)c1ccc(C(=O)[O-])c(C(=O)[O-])c1.O=C(O)c1ccc(C(=O)[O-])c(C(=O)[O-])c1.[Zn+2].[Zn+2]. The van der Waals surface area contributed by atoms with Crippen LogP contribution in [0.2, 0.25) is 0 Å². The molecule has 4 heterocycles. The van der Waals surface area contributed by atoms with E-state index in [0.29, 0.717) is 47.6 Å². The predicted molar refractivity (Wildman–Crippen MR) is 261 cm³/mol. The van der Waals surface area contributed by atoms with Crippen LogP contribution in [0.1, 0.15) is 96.7 Å². The molecule has 2 aromatic heterocycles. The zero-order valence-corrected chi connectivity index (χ0v) is 50.5. The van der Waals surface area contributed by atoms with E-state index in [0.717, 1.165) is 88.8 Å². The number of carbonyl (C=O) groups is 8. The minimum absolute atomic E-state index is 0. The number of nitrogens with zero attached hydrogens (tertiary/aromatic N) is 4. The maximum atomic E-state index is 14.5. The molecule has 6 aromatic rings. The van der Waals surface area contributed by atoms with Crippen LogP contribution in [-0.4, -0.2) is 143 Å². The number of anilines is 2. The first kappa shape index (κ1) is 81.9. The van der Waals surface area contributed by atoms with Crippen molar-refractivity contribution in [3.63, 3.8) is 0 Å². The van der Waals surface area contributed by atoms with E-state index in [1.165, 1.54) is 12.4 Å². The molecule has 0 aliphatic carbocycles. The smallest absolute Gasteiger partial charge is 0.871 e. The van der Waals surface area contributed by atoms with Crippen molar-refractivity contribution in [1.82, 2.24) is 0 Å². The summed E-state index contributed by atoms with van der Waals surface area (Å²) in [5, 5.41) is 110. The number of piperazine rings is 2. The number of fused-ring (bicyclic) bond motifs is 2. The minimum atomic E-state index is -1.77. The topological polar surface area (TPSA) is 598 Å². The zero-order valence-electron chi connectivity index (χ0n) is 44.5. The van der Waals surface area contributed by atoms with E-state index in [-0.39, 0.29) is 93.7 Å². The molecule has 0 bridgehead atoms. The Kier molecular flexibility index (Phi) is 35.2.